The van der Waals surface area contributed by atoms with Gasteiger partial charge in [-0.15, -0.1) is 0 Å². The van der Waals surface area contributed by atoms with Crippen LogP contribution in [-0.4, -0.2) is 42.0 Å². The minimum atomic E-state index is -0.212. The monoisotopic (exact) mass is 313 g/mol. The topological polar surface area (TPSA) is 54.5 Å². The van der Waals surface area contributed by atoms with Crippen molar-refractivity contribution in [3.63, 3.8) is 0 Å². The van der Waals surface area contributed by atoms with Crippen molar-refractivity contribution in [3.8, 4) is 0 Å². The fourth-order valence-electron chi connectivity index (χ4n) is 1.68. The predicted molar refractivity (Wildman–Crippen MR) is 74.3 cm³/mol. The number of nitrogens with one attached hydrogen (secondary N) is 1. The van der Waals surface area contributed by atoms with Crippen LogP contribution in [0.1, 0.15) is 6.92 Å². The highest BCUT2D eigenvalue weighted by atomic mass is 79.9. The molecule has 1 N–H and O–H groups in total. The third-order valence-corrected chi connectivity index (χ3v) is 3.13. The van der Waals surface area contributed by atoms with E-state index in [1.807, 2.05) is 12.1 Å². The smallest absolute Gasteiger partial charge is 0.237 e. The van der Waals surface area contributed by atoms with E-state index in [1.165, 1.54) is 0 Å². The Balaban J connectivity index is 1.98. The number of carbonyl (C=O) groups is 1. The van der Waals surface area contributed by atoms with Gasteiger partial charge >= 0.3 is 0 Å². The van der Waals surface area contributed by atoms with Gasteiger partial charge in [0.25, 0.3) is 0 Å². The average Bonchev–Trinajstić information content (AvgIpc) is 2.40. The van der Waals surface area contributed by atoms with Crippen molar-refractivity contribution in [2.75, 3.05) is 36.5 Å². The zero-order chi connectivity index (χ0) is 13.0. The summed E-state index contributed by atoms with van der Waals surface area (Å²) in [6, 6.07) is 3.78. The minimum absolute atomic E-state index is 0.0732. The van der Waals surface area contributed by atoms with Crippen molar-refractivity contribution in [3.05, 3.63) is 18.3 Å². The van der Waals surface area contributed by atoms with E-state index in [0.29, 0.717) is 5.69 Å². The molecule has 2 heterocycles. The zero-order valence-electron chi connectivity index (χ0n) is 10.2. The molecule has 1 aliphatic heterocycles. The first kappa shape index (κ1) is 13.3. The lowest BCUT2D eigenvalue weighted by Crippen LogP contribution is -2.36. The summed E-state index contributed by atoms with van der Waals surface area (Å²) in [5.41, 5.74) is 0.711. The van der Waals surface area contributed by atoms with E-state index in [0.717, 1.165) is 32.1 Å². The van der Waals surface area contributed by atoms with Gasteiger partial charge in [-0.1, -0.05) is 15.9 Å². The first-order valence-electron chi connectivity index (χ1n) is 5.90. The molecule has 1 unspecified atom stereocenters. The highest BCUT2D eigenvalue weighted by Gasteiger charge is 2.13. The molecule has 1 aromatic rings. The molecule has 5 nitrogen and oxygen atoms in total. The number of hydrogen-bond donors (Lipinski definition) is 1. The third kappa shape index (κ3) is 3.43. The van der Waals surface area contributed by atoms with Crippen LogP contribution in [0.3, 0.4) is 0 Å². The van der Waals surface area contributed by atoms with Crippen molar-refractivity contribution >= 4 is 33.3 Å². The van der Waals surface area contributed by atoms with Gasteiger partial charge in [-0.25, -0.2) is 4.98 Å². The lowest BCUT2D eigenvalue weighted by Gasteiger charge is -2.27. The molecule has 0 aliphatic carbocycles. The average molecular weight is 314 g/mol. The highest BCUT2D eigenvalue weighted by molar-refractivity contribution is 9.10. The number of halogens is 1. The van der Waals surface area contributed by atoms with Crippen molar-refractivity contribution in [2.45, 2.75) is 11.8 Å². The van der Waals surface area contributed by atoms with E-state index in [9.17, 15) is 4.79 Å². The molecular formula is C12H16BrN3O2. The van der Waals surface area contributed by atoms with Crippen LogP contribution >= 0.6 is 15.9 Å². The summed E-state index contributed by atoms with van der Waals surface area (Å²) < 4.78 is 5.29. The van der Waals surface area contributed by atoms with E-state index in [-0.39, 0.29) is 10.7 Å². The summed E-state index contributed by atoms with van der Waals surface area (Å²) in [6.07, 6.45) is 1.68. The van der Waals surface area contributed by atoms with Crippen LogP contribution in [0.15, 0.2) is 18.3 Å². The van der Waals surface area contributed by atoms with Gasteiger partial charge in [0.05, 0.1) is 29.9 Å². The summed E-state index contributed by atoms with van der Waals surface area (Å²) in [5.74, 6) is 0.846. The van der Waals surface area contributed by atoms with Gasteiger partial charge in [0.1, 0.15) is 5.82 Å². The van der Waals surface area contributed by atoms with Crippen LogP contribution in [0.4, 0.5) is 11.5 Å². The summed E-state index contributed by atoms with van der Waals surface area (Å²) in [6.45, 7) is 4.97. The second-order valence-electron chi connectivity index (χ2n) is 4.11. The van der Waals surface area contributed by atoms with Gasteiger partial charge in [-0.2, -0.15) is 0 Å². The van der Waals surface area contributed by atoms with Crippen molar-refractivity contribution in [1.82, 2.24) is 4.98 Å². The second kappa shape index (κ2) is 6.15. The molecule has 0 aromatic carbocycles. The Morgan fingerprint density at radius 2 is 2.22 bits per heavy atom. The van der Waals surface area contributed by atoms with Gasteiger partial charge in [-0.3, -0.25) is 4.79 Å². The van der Waals surface area contributed by atoms with Gasteiger partial charge < -0.3 is 15.0 Å². The van der Waals surface area contributed by atoms with E-state index >= 15 is 0 Å². The van der Waals surface area contributed by atoms with Crippen LogP contribution in [0, 0.1) is 0 Å². The SMILES string of the molecule is CC(Br)C(=O)Nc1ccc(N2CCOCC2)nc1. The van der Waals surface area contributed by atoms with E-state index < -0.39 is 0 Å². The molecule has 1 amide bonds. The number of morpholine rings is 1. The Bertz CT molecular complexity index is 402. The number of rotatable bonds is 3. The third-order valence-electron chi connectivity index (χ3n) is 2.71. The quantitative estimate of drug-likeness (QED) is 0.862. The number of nitrogens with zero attached hydrogens (tertiary/aromatic N) is 2. The molecule has 1 aliphatic rings. The molecule has 18 heavy (non-hydrogen) atoms. The zero-order valence-corrected chi connectivity index (χ0v) is 11.8. The maximum absolute atomic E-state index is 11.5. The molecule has 6 heteroatoms. The van der Waals surface area contributed by atoms with E-state index in [1.54, 1.807) is 13.1 Å². The maximum atomic E-state index is 11.5. The number of anilines is 2. The number of pyridine rings is 1. The Morgan fingerprint density at radius 3 is 2.78 bits per heavy atom. The largest absolute Gasteiger partial charge is 0.378 e. The van der Waals surface area contributed by atoms with Gasteiger partial charge in [0, 0.05) is 13.1 Å². The first-order valence-corrected chi connectivity index (χ1v) is 6.82. The summed E-state index contributed by atoms with van der Waals surface area (Å²) in [7, 11) is 0. The summed E-state index contributed by atoms with van der Waals surface area (Å²) >= 11 is 3.22. The molecule has 1 fully saturated rings. The number of ether oxygens (including phenoxy) is 1. The van der Waals surface area contributed by atoms with E-state index in [4.69, 9.17) is 4.74 Å². The Hall–Kier alpha value is -1.14. The molecular weight excluding hydrogens is 298 g/mol. The number of carbonyl (C=O) groups excluding carboxylic acids is 1. The van der Waals surface area contributed by atoms with Crippen LogP contribution in [0.5, 0.6) is 0 Å². The van der Waals surface area contributed by atoms with Crippen molar-refractivity contribution in [1.29, 1.82) is 0 Å². The Labute approximate surface area is 115 Å². The minimum Gasteiger partial charge on any atom is -0.378 e. The maximum Gasteiger partial charge on any atom is 0.237 e. The molecule has 0 spiro atoms. The van der Waals surface area contributed by atoms with Crippen LogP contribution in [0.2, 0.25) is 0 Å². The first-order chi connectivity index (χ1) is 8.66. The predicted octanol–water partition coefficient (Wildman–Crippen LogP) is 1.64. The molecule has 0 saturated carbocycles. The standard InChI is InChI=1S/C12H16BrN3O2/c1-9(13)12(17)15-10-2-3-11(14-8-10)16-4-6-18-7-5-16/h2-3,8-9H,4-7H2,1H3,(H,15,17). The number of amides is 1. The van der Waals surface area contributed by atoms with Crippen LogP contribution < -0.4 is 10.2 Å². The highest BCUT2D eigenvalue weighted by Crippen LogP contribution is 2.16. The van der Waals surface area contributed by atoms with Crippen LogP contribution in [-0.2, 0) is 9.53 Å². The molecule has 0 bridgehead atoms. The Morgan fingerprint density at radius 1 is 1.50 bits per heavy atom. The van der Waals surface area contributed by atoms with Crippen molar-refractivity contribution < 1.29 is 9.53 Å². The van der Waals surface area contributed by atoms with Gasteiger partial charge in [-0.05, 0) is 19.1 Å². The number of hydrogen-bond acceptors (Lipinski definition) is 4. The number of aromatic nitrogens is 1. The molecule has 0 radical (unpaired) electrons. The molecule has 1 atom stereocenters. The molecule has 1 saturated heterocycles. The lowest BCUT2D eigenvalue weighted by molar-refractivity contribution is -0.115. The fourth-order valence-corrected chi connectivity index (χ4v) is 1.80. The fraction of sp³-hybridized carbons (Fsp3) is 0.500. The Kier molecular flexibility index (Phi) is 4.54. The second-order valence-corrected chi connectivity index (χ2v) is 5.48. The van der Waals surface area contributed by atoms with Crippen LogP contribution in [0.25, 0.3) is 0 Å². The normalized spacial score (nSPS) is 17.3. The molecule has 98 valence electrons. The summed E-state index contributed by atoms with van der Waals surface area (Å²) in [4.78, 5) is 17.8. The van der Waals surface area contributed by atoms with Crippen molar-refractivity contribution in [2.24, 2.45) is 0 Å². The molecule has 2 rings (SSSR count). The summed E-state index contributed by atoms with van der Waals surface area (Å²) in [5, 5.41) is 2.78. The van der Waals surface area contributed by atoms with E-state index in [2.05, 4.69) is 31.1 Å². The number of alkyl halides is 1. The van der Waals surface area contributed by atoms with Gasteiger partial charge in [0.2, 0.25) is 5.91 Å². The lowest BCUT2D eigenvalue weighted by atomic mass is 10.3. The van der Waals surface area contributed by atoms with Gasteiger partial charge in [0.15, 0.2) is 0 Å². The molecule has 1 aromatic heterocycles.